The van der Waals surface area contributed by atoms with Crippen molar-refractivity contribution in [1.29, 1.82) is 0 Å². The molecule has 2 atom stereocenters. The van der Waals surface area contributed by atoms with Crippen molar-refractivity contribution in [3.63, 3.8) is 0 Å². The first-order valence-corrected chi connectivity index (χ1v) is 11.2. The number of nitrogen functional groups attached to an aromatic ring is 1. The van der Waals surface area contributed by atoms with E-state index < -0.39 is 17.2 Å². The number of aromatic nitrogens is 2. The van der Waals surface area contributed by atoms with Gasteiger partial charge in [-0.15, -0.1) is 0 Å². The first-order chi connectivity index (χ1) is 15.4. The minimum Gasteiger partial charge on any atom is -0.392 e. The average molecular weight is 440 g/mol. The Morgan fingerprint density at radius 3 is 2.28 bits per heavy atom. The zero-order chi connectivity index (χ0) is 22.7. The molecule has 170 valence electrons. The van der Waals surface area contributed by atoms with Crippen LogP contribution >= 0.6 is 0 Å². The third-order valence-corrected chi connectivity index (χ3v) is 6.69. The van der Waals surface area contributed by atoms with Gasteiger partial charge >= 0.3 is 5.69 Å². The summed E-state index contributed by atoms with van der Waals surface area (Å²) in [5, 5.41) is 5.98. The molecule has 0 saturated heterocycles. The number of anilines is 1. The number of aromatic amines is 2. The van der Waals surface area contributed by atoms with Crippen molar-refractivity contribution in [3.05, 3.63) is 62.4 Å². The molecular formula is C23H29N5O4. The molecule has 1 heterocycles. The van der Waals surface area contributed by atoms with Crippen LogP contribution in [0.1, 0.15) is 66.9 Å². The van der Waals surface area contributed by atoms with Gasteiger partial charge in [0.05, 0.1) is 0 Å². The van der Waals surface area contributed by atoms with Crippen LogP contribution in [0.5, 0.6) is 0 Å². The molecule has 2 aliphatic carbocycles. The molecule has 2 aromatic rings. The number of nitrogens with two attached hydrogens (primary N) is 1. The smallest absolute Gasteiger partial charge is 0.326 e. The highest BCUT2D eigenvalue weighted by molar-refractivity contribution is 5.97. The summed E-state index contributed by atoms with van der Waals surface area (Å²) in [6.07, 6.45) is 5.91. The van der Waals surface area contributed by atoms with Crippen LogP contribution in [0, 0.1) is 5.92 Å². The molecule has 0 unspecified atom stereocenters. The van der Waals surface area contributed by atoms with Gasteiger partial charge in [-0.3, -0.25) is 19.4 Å². The second kappa shape index (κ2) is 9.42. The van der Waals surface area contributed by atoms with Crippen LogP contribution in [0.3, 0.4) is 0 Å². The predicted octanol–water partition coefficient (Wildman–Crippen LogP) is 1.39. The molecule has 2 saturated carbocycles. The van der Waals surface area contributed by atoms with E-state index in [0.717, 1.165) is 25.7 Å². The highest BCUT2D eigenvalue weighted by Crippen LogP contribution is 2.33. The SMILES string of the molecule is Nc1c(C(=O)N[C@@H]2CC[C@@H](C(=O)N[C@H]3CC[C@@H](c4ccccc4)CC3)C2)[nH]c(=O)[nH]c1=O. The van der Waals surface area contributed by atoms with E-state index in [-0.39, 0.29) is 35.3 Å². The van der Waals surface area contributed by atoms with Crippen molar-refractivity contribution in [1.82, 2.24) is 20.6 Å². The molecule has 6 N–H and O–H groups in total. The van der Waals surface area contributed by atoms with Crippen LogP contribution in [-0.2, 0) is 4.79 Å². The number of nitrogens with one attached hydrogen (secondary N) is 4. The van der Waals surface area contributed by atoms with E-state index in [9.17, 15) is 19.2 Å². The van der Waals surface area contributed by atoms with Gasteiger partial charge in [-0.2, -0.15) is 0 Å². The summed E-state index contributed by atoms with van der Waals surface area (Å²) in [7, 11) is 0. The monoisotopic (exact) mass is 439 g/mol. The highest BCUT2D eigenvalue weighted by Gasteiger charge is 2.33. The molecular weight excluding hydrogens is 410 g/mol. The Morgan fingerprint density at radius 2 is 1.56 bits per heavy atom. The van der Waals surface area contributed by atoms with Gasteiger partial charge in [0.25, 0.3) is 11.5 Å². The lowest BCUT2D eigenvalue weighted by Gasteiger charge is -2.30. The lowest BCUT2D eigenvalue weighted by atomic mass is 9.81. The Labute approximate surface area is 185 Å². The van der Waals surface area contributed by atoms with Gasteiger partial charge in [0.2, 0.25) is 5.91 Å². The molecule has 0 bridgehead atoms. The molecule has 2 aliphatic rings. The number of carbonyl (C=O) groups excluding carboxylic acids is 2. The number of benzene rings is 1. The number of H-pyrrole nitrogens is 2. The molecule has 32 heavy (non-hydrogen) atoms. The first-order valence-electron chi connectivity index (χ1n) is 11.2. The van der Waals surface area contributed by atoms with Crippen molar-refractivity contribution in [2.75, 3.05) is 5.73 Å². The Kier molecular flexibility index (Phi) is 6.43. The van der Waals surface area contributed by atoms with E-state index in [2.05, 4.69) is 39.9 Å². The zero-order valence-electron chi connectivity index (χ0n) is 17.9. The maximum atomic E-state index is 12.8. The standard InChI is InChI=1S/C23H29N5O4/c24-18-19(27-23(32)28-21(18)30)22(31)26-17-11-8-15(12-17)20(29)25-16-9-6-14(7-10-16)13-4-2-1-3-5-13/h1-5,14-17H,6-12,24H2,(H,25,29)(H,26,31)(H2,27,28,30,32)/t14-,15-,16+,17-/m1/s1. The summed E-state index contributed by atoms with van der Waals surface area (Å²) in [5.41, 5.74) is 4.81. The van der Waals surface area contributed by atoms with E-state index in [4.69, 9.17) is 5.73 Å². The number of hydrogen-bond donors (Lipinski definition) is 5. The highest BCUT2D eigenvalue weighted by atomic mass is 16.2. The second-order valence-electron chi connectivity index (χ2n) is 8.85. The summed E-state index contributed by atoms with van der Waals surface area (Å²) in [4.78, 5) is 52.5. The summed E-state index contributed by atoms with van der Waals surface area (Å²) in [5.74, 6) is -0.188. The fourth-order valence-electron chi connectivity index (χ4n) is 4.90. The van der Waals surface area contributed by atoms with Gasteiger partial charge < -0.3 is 21.4 Å². The summed E-state index contributed by atoms with van der Waals surface area (Å²) in [6.45, 7) is 0. The van der Waals surface area contributed by atoms with Crippen molar-refractivity contribution in [2.45, 2.75) is 62.9 Å². The van der Waals surface area contributed by atoms with Gasteiger partial charge in [0.15, 0.2) is 0 Å². The van der Waals surface area contributed by atoms with Gasteiger partial charge in [-0.05, 0) is 56.4 Å². The third kappa shape index (κ3) is 4.92. The topological polar surface area (TPSA) is 150 Å². The Hall–Kier alpha value is -3.36. The molecule has 0 aliphatic heterocycles. The normalized spacial score (nSPS) is 25.2. The fourth-order valence-corrected chi connectivity index (χ4v) is 4.90. The molecule has 9 heteroatoms. The molecule has 2 amide bonds. The zero-order valence-corrected chi connectivity index (χ0v) is 17.9. The van der Waals surface area contributed by atoms with Crippen molar-refractivity contribution >= 4 is 17.5 Å². The predicted molar refractivity (Wildman–Crippen MR) is 120 cm³/mol. The van der Waals surface area contributed by atoms with Gasteiger partial charge in [0, 0.05) is 18.0 Å². The van der Waals surface area contributed by atoms with Crippen molar-refractivity contribution in [3.8, 4) is 0 Å². The van der Waals surface area contributed by atoms with Crippen LogP contribution in [0.25, 0.3) is 0 Å². The van der Waals surface area contributed by atoms with Crippen LogP contribution < -0.4 is 27.6 Å². The third-order valence-electron chi connectivity index (χ3n) is 6.69. The van der Waals surface area contributed by atoms with Crippen molar-refractivity contribution in [2.24, 2.45) is 5.92 Å². The second-order valence-corrected chi connectivity index (χ2v) is 8.85. The van der Waals surface area contributed by atoms with Crippen LogP contribution in [0.4, 0.5) is 5.69 Å². The maximum absolute atomic E-state index is 12.8. The minimum absolute atomic E-state index is 0.0361. The molecule has 9 nitrogen and oxygen atoms in total. The van der Waals surface area contributed by atoms with Crippen LogP contribution in [-0.4, -0.2) is 33.9 Å². The molecule has 1 aromatic heterocycles. The summed E-state index contributed by atoms with van der Waals surface area (Å²) >= 11 is 0. The van der Waals surface area contributed by atoms with Crippen molar-refractivity contribution < 1.29 is 9.59 Å². The van der Waals surface area contributed by atoms with Gasteiger partial charge in [0.1, 0.15) is 11.4 Å². The molecule has 2 fully saturated rings. The van der Waals surface area contributed by atoms with E-state index in [1.54, 1.807) is 0 Å². The fraction of sp³-hybridized carbons (Fsp3) is 0.478. The van der Waals surface area contributed by atoms with Gasteiger partial charge in [-0.25, -0.2) is 4.79 Å². The minimum atomic E-state index is -0.801. The van der Waals surface area contributed by atoms with Gasteiger partial charge in [-0.1, -0.05) is 30.3 Å². The summed E-state index contributed by atoms with van der Waals surface area (Å²) in [6, 6.07) is 10.5. The van der Waals surface area contributed by atoms with E-state index in [1.165, 1.54) is 5.56 Å². The Bertz CT molecular complexity index is 1090. The lowest BCUT2D eigenvalue weighted by Crippen LogP contribution is -2.41. The Balaban J connectivity index is 1.26. The molecule has 0 spiro atoms. The number of rotatable bonds is 5. The quantitative estimate of drug-likeness (QED) is 0.477. The molecule has 4 rings (SSSR count). The Morgan fingerprint density at radius 1 is 0.875 bits per heavy atom. The summed E-state index contributed by atoms with van der Waals surface area (Å²) < 4.78 is 0. The van der Waals surface area contributed by atoms with Crippen LogP contribution in [0.2, 0.25) is 0 Å². The largest absolute Gasteiger partial charge is 0.392 e. The maximum Gasteiger partial charge on any atom is 0.326 e. The number of amides is 2. The average Bonchev–Trinajstić information content (AvgIpc) is 3.26. The lowest BCUT2D eigenvalue weighted by molar-refractivity contribution is -0.125. The van der Waals surface area contributed by atoms with E-state index in [1.807, 2.05) is 11.1 Å². The number of hydrogen-bond acceptors (Lipinski definition) is 5. The number of carbonyl (C=O) groups is 2. The molecule has 1 aromatic carbocycles. The first kappa shape index (κ1) is 21.9. The molecule has 0 radical (unpaired) electrons. The van der Waals surface area contributed by atoms with Crippen LogP contribution in [0.15, 0.2) is 39.9 Å². The van der Waals surface area contributed by atoms with E-state index >= 15 is 0 Å². The van der Waals surface area contributed by atoms with E-state index in [0.29, 0.717) is 25.2 Å².